The highest BCUT2D eigenvalue weighted by Gasteiger charge is 2.36. The Labute approximate surface area is 91.6 Å². The zero-order valence-electron chi connectivity index (χ0n) is 9.46. The smallest absolute Gasteiger partial charge is 0.235 e. The number of carbonyl (C=O) groups excluding carboxylic acids is 1. The zero-order chi connectivity index (χ0) is 11.4. The first-order chi connectivity index (χ1) is 6.40. The predicted octanol–water partition coefficient (Wildman–Crippen LogP) is 1.56. The number of hydrogen-bond acceptors (Lipinski definition) is 2. The summed E-state index contributed by atoms with van der Waals surface area (Å²) in [5, 5.41) is 0. The van der Waals surface area contributed by atoms with Gasteiger partial charge in [-0.1, -0.05) is 26.1 Å². The van der Waals surface area contributed by atoms with Crippen molar-refractivity contribution in [2.75, 3.05) is 13.6 Å². The van der Waals surface area contributed by atoms with Gasteiger partial charge in [0.1, 0.15) is 0 Å². The molecule has 0 aliphatic carbocycles. The van der Waals surface area contributed by atoms with E-state index < -0.39 is 5.41 Å². The number of nitrogens with zero attached hydrogens (tertiary/aromatic N) is 1. The Hall–Kier alpha value is -0.640. The van der Waals surface area contributed by atoms with Gasteiger partial charge in [-0.3, -0.25) is 4.79 Å². The Kier molecular flexibility index (Phi) is 5.05. The van der Waals surface area contributed by atoms with E-state index in [2.05, 4.69) is 0 Å². The lowest BCUT2D eigenvalue weighted by molar-refractivity contribution is -0.136. The molecule has 82 valence electrons. The molecule has 1 atom stereocenters. The van der Waals surface area contributed by atoms with Gasteiger partial charge in [-0.25, -0.2) is 0 Å². The van der Waals surface area contributed by atoms with Gasteiger partial charge in [0.15, 0.2) is 0 Å². The summed E-state index contributed by atoms with van der Waals surface area (Å²) < 4.78 is 0. The number of thiocarbonyl (C=S) groups is 1. The fourth-order valence-electron chi connectivity index (χ4n) is 1.29. The van der Waals surface area contributed by atoms with Crippen LogP contribution < -0.4 is 5.73 Å². The number of amides is 1. The third-order valence-corrected chi connectivity index (χ3v) is 3.08. The van der Waals surface area contributed by atoms with E-state index in [4.69, 9.17) is 18.0 Å². The molecule has 0 rings (SSSR count). The molecule has 14 heavy (non-hydrogen) atoms. The second-order valence-corrected chi connectivity index (χ2v) is 4.22. The van der Waals surface area contributed by atoms with Crippen LogP contribution >= 0.6 is 12.2 Å². The normalized spacial score (nSPS) is 14.6. The zero-order valence-corrected chi connectivity index (χ0v) is 10.3. The Morgan fingerprint density at radius 2 is 2.00 bits per heavy atom. The standard InChI is InChI=1S/C10H20N2OS/c1-5-7-12(4)9(13)10(3,6-2)8(11)14/h5-7H2,1-4H3,(H2,11,14). The second-order valence-electron chi connectivity index (χ2n) is 3.78. The molecule has 0 bridgehead atoms. The molecule has 4 heteroatoms. The molecule has 1 unspecified atom stereocenters. The van der Waals surface area contributed by atoms with Crippen LogP contribution in [-0.4, -0.2) is 29.4 Å². The van der Waals surface area contributed by atoms with Crippen molar-refractivity contribution in [1.82, 2.24) is 4.90 Å². The molecule has 0 aromatic heterocycles. The van der Waals surface area contributed by atoms with Crippen molar-refractivity contribution in [2.45, 2.75) is 33.6 Å². The molecule has 0 spiro atoms. The first-order valence-corrected chi connectivity index (χ1v) is 5.36. The lowest BCUT2D eigenvalue weighted by Gasteiger charge is -2.30. The van der Waals surface area contributed by atoms with Crippen LogP contribution in [0.2, 0.25) is 0 Å². The number of carbonyl (C=O) groups is 1. The van der Waals surface area contributed by atoms with Gasteiger partial charge in [-0.15, -0.1) is 0 Å². The van der Waals surface area contributed by atoms with E-state index >= 15 is 0 Å². The molecule has 0 heterocycles. The van der Waals surface area contributed by atoms with Gasteiger partial charge < -0.3 is 10.6 Å². The van der Waals surface area contributed by atoms with E-state index in [0.717, 1.165) is 13.0 Å². The molecule has 0 aliphatic heterocycles. The van der Waals surface area contributed by atoms with E-state index in [-0.39, 0.29) is 10.9 Å². The van der Waals surface area contributed by atoms with Gasteiger partial charge in [0.2, 0.25) is 5.91 Å². The van der Waals surface area contributed by atoms with Crippen LogP contribution in [0.15, 0.2) is 0 Å². The van der Waals surface area contributed by atoms with E-state index in [9.17, 15) is 4.79 Å². The summed E-state index contributed by atoms with van der Waals surface area (Å²) in [6.45, 7) is 6.52. The molecule has 3 nitrogen and oxygen atoms in total. The maximum Gasteiger partial charge on any atom is 0.235 e. The van der Waals surface area contributed by atoms with Crippen LogP contribution in [0.25, 0.3) is 0 Å². The van der Waals surface area contributed by atoms with Crippen molar-refractivity contribution < 1.29 is 4.79 Å². The Morgan fingerprint density at radius 3 is 2.29 bits per heavy atom. The average molecular weight is 216 g/mol. The molecule has 0 saturated carbocycles. The summed E-state index contributed by atoms with van der Waals surface area (Å²) in [7, 11) is 1.79. The van der Waals surface area contributed by atoms with E-state index in [1.54, 1.807) is 11.9 Å². The molecule has 0 aliphatic rings. The van der Waals surface area contributed by atoms with E-state index in [0.29, 0.717) is 6.42 Å². The topological polar surface area (TPSA) is 46.3 Å². The summed E-state index contributed by atoms with van der Waals surface area (Å²) >= 11 is 4.94. The lowest BCUT2D eigenvalue weighted by Crippen LogP contribution is -2.47. The Bertz CT molecular complexity index is 230. The van der Waals surface area contributed by atoms with Crippen LogP contribution in [0.3, 0.4) is 0 Å². The third-order valence-electron chi connectivity index (χ3n) is 2.63. The summed E-state index contributed by atoms with van der Waals surface area (Å²) in [5.41, 5.74) is 4.92. The van der Waals surface area contributed by atoms with Gasteiger partial charge in [-0.05, 0) is 19.8 Å². The molecule has 0 aromatic rings. The van der Waals surface area contributed by atoms with Crippen molar-refractivity contribution in [3.05, 3.63) is 0 Å². The minimum atomic E-state index is -0.681. The van der Waals surface area contributed by atoms with Crippen molar-refractivity contribution in [3.63, 3.8) is 0 Å². The van der Waals surface area contributed by atoms with Crippen LogP contribution in [0.4, 0.5) is 0 Å². The molecular formula is C10H20N2OS. The van der Waals surface area contributed by atoms with Crippen molar-refractivity contribution in [3.8, 4) is 0 Å². The van der Waals surface area contributed by atoms with Crippen LogP contribution in [0, 0.1) is 5.41 Å². The predicted molar refractivity (Wildman–Crippen MR) is 63.1 cm³/mol. The summed E-state index contributed by atoms with van der Waals surface area (Å²) in [4.78, 5) is 14.0. The quantitative estimate of drug-likeness (QED) is 0.709. The van der Waals surface area contributed by atoms with Crippen LogP contribution in [0.1, 0.15) is 33.6 Å². The first kappa shape index (κ1) is 13.4. The first-order valence-electron chi connectivity index (χ1n) is 4.95. The summed E-state index contributed by atoms with van der Waals surface area (Å²) in [6, 6.07) is 0. The van der Waals surface area contributed by atoms with E-state index in [1.807, 2.05) is 20.8 Å². The van der Waals surface area contributed by atoms with Gasteiger partial charge in [0.25, 0.3) is 0 Å². The fraction of sp³-hybridized carbons (Fsp3) is 0.800. The second kappa shape index (κ2) is 5.29. The number of rotatable bonds is 5. The van der Waals surface area contributed by atoms with Gasteiger partial charge >= 0.3 is 0 Å². The fourth-order valence-corrected chi connectivity index (χ4v) is 1.52. The lowest BCUT2D eigenvalue weighted by atomic mass is 9.86. The minimum absolute atomic E-state index is 0.0225. The molecule has 1 amide bonds. The highest BCUT2D eigenvalue weighted by molar-refractivity contribution is 7.80. The molecule has 2 N–H and O–H groups in total. The summed E-state index contributed by atoms with van der Waals surface area (Å²) in [5.74, 6) is 0.0225. The third kappa shape index (κ3) is 2.67. The largest absolute Gasteiger partial charge is 0.392 e. The van der Waals surface area contributed by atoms with Crippen molar-refractivity contribution >= 4 is 23.1 Å². The van der Waals surface area contributed by atoms with Gasteiger partial charge in [0, 0.05) is 13.6 Å². The minimum Gasteiger partial charge on any atom is -0.392 e. The maximum atomic E-state index is 12.0. The van der Waals surface area contributed by atoms with Gasteiger partial charge in [-0.2, -0.15) is 0 Å². The maximum absolute atomic E-state index is 12.0. The van der Waals surface area contributed by atoms with Gasteiger partial charge in [0.05, 0.1) is 10.4 Å². The number of nitrogens with two attached hydrogens (primary N) is 1. The van der Waals surface area contributed by atoms with Crippen molar-refractivity contribution in [1.29, 1.82) is 0 Å². The van der Waals surface area contributed by atoms with Crippen LogP contribution in [-0.2, 0) is 4.79 Å². The average Bonchev–Trinajstić information content (AvgIpc) is 2.15. The SMILES string of the molecule is CCCN(C)C(=O)C(C)(CC)C(N)=S. The molecular weight excluding hydrogens is 196 g/mol. The van der Waals surface area contributed by atoms with Crippen molar-refractivity contribution in [2.24, 2.45) is 11.1 Å². The molecule has 0 radical (unpaired) electrons. The highest BCUT2D eigenvalue weighted by Crippen LogP contribution is 2.24. The monoisotopic (exact) mass is 216 g/mol. The van der Waals surface area contributed by atoms with E-state index in [1.165, 1.54) is 0 Å². The summed E-state index contributed by atoms with van der Waals surface area (Å²) in [6.07, 6.45) is 1.59. The molecule has 0 fully saturated rings. The molecule has 0 saturated heterocycles. The van der Waals surface area contributed by atoms with Crippen LogP contribution in [0.5, 0.6) is 0 Å². The highest BCUT2D eigenvalue weighted by atomic mass is 32.1. The Balaban J connectivity index is 4.70. The number of hydrogen-bond donors (Lipinski definition) is 1. The molecule has 0 aromatic carbocycles. The Morgan fingerprint density at radius 1 is 1.50 bits per heavy atom.